The minimum Gasteiger partial charge on any atom is -0.347 e. The van der Waals surface area contributed by atoms with Crippen LogP contribution in [0, 0.1) is 0 Å². The van der Waals surface area contributed by atoms with Crippen molar-refractivity contribution in [2.75, 3.05) is 16.4 Å². The number of ketones is 1. The number of thiol groups is 1. The number of anilines is 2. The summed E-state index contributed by atoms with van der Waals surface area (Å²) in [6, 6.07) is 16.5. The number of nitrogens with one attached hydrogen (secondary N) is 2. The van der Waals surface area contributed by atoms with Crippen LogP contribution in [0.4, 0.5) is 24.5 Å². The average Bonchev–Trinajstić information content (AvgIpc) is 2.84. The third kappa shape index (κ3) is 6.93. The Kier molecular flexibility index (Phi) is 8.31. The molecule has 0 heterocycles. The summed E-state index contributed by atoms with van der Waals surface area (Å²) in [5, 5.41) is 5.32. The number of alkyl halides is 3. The molecule has 0 saturated heterocycles. The van der Waals surface area contributed by atoms with Gasteiger partial charge in [-0.3, -0.25) is 14.4 Å². The van der Waals surface area contributed by atoms with Gasteiger partial charge in [-0.15, -0.1) is 0 Å². The highest BCUT2D eigenvalue weighted by Gasteiger charge is 2.30. The maximum Gasteiger partial charge on any atom is 0.416 e. The fourth-order valence-electron chi connectivity index (χ4n) is 3.18. The first-order valence-electron chi connectivity index (χ1n) is 10.5. The summed E-state index contributed by atoms with van der Waals surface area (Å²) in [5.41, 5.74) is 4.32. The van der Waals surface area contributed by atoms with Crippen molar-refractivity contribution >= 4 is 41.6 Å². The highest BCUT2D eigenvalue weighted by molar-refractivity contribution is 7.80. The molecule has 2 amide bonds. The van der Waals surface area contributed by atoms with Crippen LogP contribution in [0.3, 0.4) is 0 Å². The second-order valence-electron chi connectivity index (χ2n) is 7.74. The van der Waals surface area contributed by atoms with Crippen molar-refractivity contribution in [1.82, 2.24) is 0 Å². The van der Waals surface area contributed by atoms with Crippen LogP contribution in [0.15, 0.2) is 72.8 Å². The number of benzene rings is 3. The lowest BCUT2D eigenvalue weighted by molar-refractivity contribution is -0.395. The molecular formula is C25H23F3N3O3S+. The smallest absolute Gasteiger partial charge is 0.347 e. The zero-order chi connectivity index (χ0) is 25.6. The molecule has 0 bridgehead atoms. The minimum atomic E-state index is -4.47. The molecule has 5 N–H and O–H groups in total. The average molecular weight is 503 g/mol. The van der Waals surface area contributed by atoms with Gasteiger partial charge in [0.15, 0.2) is 11.8 Å². The van der Waals surface area contributed by atoms with E-state index < -0.39 is 23.7 Å². The number of carbonyl (C=O) groups is 3. The van der Waals surface area contributed by atoms with E-state index in [0.717, 1.165) is 12.1 Å². The fraction of sp³-hybridized carbons (Fsp3) is 0.160. The summed E-state index contributed by atoms with van der Waals surface area (Å²) in [7, 11) is 0. The highest BCUT2D eigenvalue weighted by atomic mass is 32.1. The number of carbonyl (C=O) groups excluding carboxylic acids is 3. The van der Waals surface area contributed by atoms with Gasteiger partial charge in [0.2, 0.25) is 5.91 Å². The zero-order valence-corrected chi connectivity index (χ0v) is 19.3. The normalized spacial score (nSPS) is 12.0. The Morgan fingerprint density at radius 2 is 1.57 bits per heavy atom. The van der Waals surface area contributed by atoms with Crippen molar-refractivity contribution in [3.63, 3.8) is 0 Å². The van der Waals surface area contributed by atoms with Crippen molar-refractivity contribution in [3.05, 3.63) is 95.1 Å². The molecule has 0 radical (unpaired) electrons. The number of amides is 2. The van der Waals surface area contributed by atoms with Crippen LogP contribution in [0.25, 0.3) is 0 Å². The van der Waals surface area contributed by atoms with Crippen LogP contribution in [0.2, 0.25) is 0 Å². The van der Waals surface area contributed by atoms with Gasteiger partial charge in [-0.05, 0) is 35.9 Å². The first-order chi connectivity index (χ1) is 16.6. The molecule has 1 atom stereocenters. The quantitative estimate of drug-likeness (QED) is 0.280. The van der Waals surface area contributed by atoms with E-state index in [0.29, 0.717) is 16.8 Å². The number of hydrogen-bond donors (Lipinski definition) is 4. The second-order valence-corrected chi connectivity index (χ2v) is 8.11. The zero-order valence-electron chi connectivity index (χ0n) is 18.4. The fourth-order valence-corrected chi connectivity index (χ4v) is 3.35. The molecule has 6 nitrogen and oxygen atoms in total. The molecule has 3 aromatic rings. The Morgan fingerprint density at radius 1 is 0.914 bits per heavy atom. The van der Waals surface area contributed by atoms with Gasteiger partial charge in [0, 0.05) is 16.8 Å². The summed E-state index contributed by atoms with van der Waals surface area (Å²) in [4.78, 5) is 38.0. The van der Waals surface area contributed by atoms with Crippen molar-refractivity contribution in [2.45, 2.75) is 18.6 Å². The van der Waals surface area contributed by atoms with Gasteiger partial charge in [0.05, 0.1) is 23.4 Å². The molecule has 182 valence electrons. The molecule has 0 saturated carbocycles. The molecule has 0 aliphatic heterocycles. The summed E-state index contributed by atoms with van der Waals surface area (Å²) >= 11 is 4.06. The van der Waals surface area contributed by atoms with E-state index in [9.17, 15) is 27.6 Å². The lowest BCUT2D eigenvalue weighted by atomic mass is 10.0. The molecule has 3 rings (SSSR count). The van der Waals surface area contributed by atoms with Crippen LogP contribution >= 0.6 is 12.6 Å². The van der Waals surface area contributed by atoms with E-state index in [4.69, 9.17) is 0 Å². The molecule has 10 heteroatoms. The predicted molar refractivity (Wildman–Crippen MR) is 129 cm³/mol. The predicted octanol–water partition coefficient (Wildman–Crippen LogP) is 3.60. The molecule has 0 aromatic heterocycles. The van der Waals surface area contributed by atoms with Crippen LogP contribution in [-0.2, 0) is 22.2 Å². The molecule has 35 heavy (non-hydrogen) atoms. The van der Waals surface area contributed by atoms with E-state index in [1.807, 2.05) is 0 Å². The third-order valence-corrected chi connectivity index (χ3v) is 5.52. The van der Waals surface area contributed by atoms with Crippen LogP contribution in [0.1, 0.15) is 27.0 Å². The Morgan fingerprint density at radius 3 is 2.17 bits per heavy atom. The SMILES string of the molecule is [NH3+][C@@H](CS)C(=O)Nc1ccc(NC(=O)Cc2ccc(C(F)(F)F)cc2)c(C(=O)c2ccccc2)c1. The summed E-state index contributed by atoms with van der Waals surface area (Å²) in [6.45, 7) is 0. The maximum atomic E-state index is 13.2. The van der Waals surface area contributed by atoms with E-state index in [1.54, 1.807) is 30.3 Å². The van der Waals surface area contributed by atoms with Gasteiger partial charge in [-0.25, -0.2) is 0 Å². The van der Waals surface area contributed by atoms with Crippen LogP contribution < -0.4 is 16.4 Å². The minimum absolute atomic E-state index is 0.140. The van der Waals surface area contributed by atoms with E-state index in [2.05, 4.69) is 29.0 Å². The standard InChI is InChI=1S/C25H22F3N3O3S/c26-25(27,28)17-8-6-15(7-9-17)12-22(32)31-21-11-10-18(30-24(34)20(29)14-35)13-19(21)23(33)16-4-2-1-3-5-16/h1-11,13,20,35H,12,14,29H2,(H,30,34)(H,31,32)/p+1/t20-/m0/s1. The Labute approximate surface area is 205 Å². The monoisotopic (exact) mass is 502 g/mol. The van der Waals surface area contributed by atoms with Crippen molar-refractivity contribution in [1.29, 1.82) is 0 Å². The first-order valence-corrected chi connectivity index (χ1v) is 11.2. The molecule has 0 fully saturated rings. The molecular weight excluding hydrogens is 479 g/mol. The lowest BCUT2D eigenvalue weighted by Gasteiger charge is -2.14. The van der Waals surface area contributed by atoms with Crippen LogP contribution in [0.5, 0.6) is 0 Å². The van der Waals surface area contributed by atoms with Gasteiger partial charge in [-0.2, -0.15) is 25.8 Å². The maximum absolute atomic E-state index is 13.2. The number of quaternary nitrogens is 1. The lowest BCUT2D eigenvalue weighted by Crippen LogP contribution is -2.67. The van der Waals surface area contributed by atoms with Crippen molar-refractivity contribution in [3.8, 4) is 0 Å². The van der Waals surface area contributed by atoms with Gasteiger partial charge < -0.3 is 16.4 Å². The van der Waals surface area contributed by atoms with Gasteiger partial charge in [0.25, 0.3) is 5.91 Å². The molecule has 0 aliphatic rings. The summed E-state index contributed by atoms with van der Waals surface area (Å²) in [6.07, 6.45) is -4.66. The summed E-state index contributed by atoms with van der Waals surface area (Å²) < 4.78 is 38.3. The van der Waals surface area contributed by atoms with E-state index in [-0.39, 0.29) is 35.1 Å². The molecule has 3 aromatic carbocycles. The first kappa shape index (κ1) is 26.0. The number of hydrogen-bond acceptors (Lipinski definition) is 4. The Bertz CT molecular complexity index is 1220. The van der Waals surface area contributed by atoms with Crippen LogP contribution in [-0.4, -0.2) is 29.4 Å². The van der Waals surface area contributed by atoms with Crippen molar-refractivity contribution in [2.24, 2.45) is 0 Å². The topological polar surface area (TPSA) is 103 Å². The van der Waals surface area contributed by atoms with Gasteiger partial charge in [0.1, 0.15) is 0 Å². The van der Waals surface area contributed by atoms with Crippen molar-refractivity contribution < 1.29 is 33.3 Å². The second kappa shape index (κ2) is 11.2. The van der Waals surface area contributed by atoms with Gasteiger partial charge in [-0.1, -0.05) is 42.5 Å². The van der Waals surface area contributed by atoms with E-state index >= 15 is 0 Å². The molecule has 0 unspecified atom stereocenters. The Balaban J connectivity index is 1.85. The Hall–Kier alpha value is -3.63. The molecule has 0 aliphatic carbocycles. The number of rotatable bonds is 8. The molecule has 0 spiro atoms. The third-order valence-electron chi connectivity index (χ3n) is 5.08. The number of halogens is 3. The largest absolute Gasteiger partial charge is 0.416 e. The van der Waals surface area contributed by atoms with Gasteiger partial charge >= 0.3 is 6.18 Å². The van der Waals surface area contributed by atoms with E-state index in [1.165, 1.54) is 30.3 Å². The highest BCUT2D eigenvalue weighted by Crippen LogP contribution is 2.29. The summed E-state index contributed by atoms with van der Waals surface area (Å²) in [5.74, 6) is -1.04.